The number of hydrogen-bond acceptors (Lipinski definition) is 6. The van der Waals surface area contributed by atoms with Gasteiger partial charge in [-0.1, -0.05) is 11.8 Å². The lowest BCUT2D eigenvalue weighted by Crippen LogP contribution is -2.28. The number of imidazole rings is 1. The Morgan fingerprint density at radius 2 is 2.13 bits per heavy atom. The highest BCUT2D eigenvalue weighted by Crippen LogP contribution is 2.16. The molecule has 0 aliphatic carbocycles. The van der Waals surface area contributed by atoms with Crippen molar-refractivity contribution < 1.29 is 4.79 Å². The van der Waals surface area contributed by atoms with E-state index in [2.05, 4.69) is 20.1 Å². The summed E-state index contributed by atoms with van der Waals surface area (Å²) in [7, 11) is 3.47. The molecule has 3 aromatic rings. The zero-order valence-corrected chi connectivity index (χ0v) is 13.7. The molecule has 0 aliphatic rings. The topological polar surface area (TPSA) is 81.7 Å². The van der Waals surface area contributed by atoms with Gasteiger partial charge in [-0.15, -0.1) is 5.10 Å². The molecule has 1 amide bonds. The van der Waals surface area contributed by atoms with Crippen molar-refractivity contribution >= 4 is 23.4 Å². The first-order valence-electron chi connectivity index (χ1n) is 6.77. The maximum atomic E-state index is 12.7. The second-order valence-electron chi connectivity index (χ2n) is 4.75. The van der Waals surface area contributed by atoms with Gasteiger partial charge in [0.15, 0.2) is 0 Å². The van der Waals surface area contributed by atoms with Crippen LogP contribution < -0.4 is 4.90 Å². The monoisotopic (exact) mass is 329 g/mol. The van der Waals surface area contributed by atoms with Gasteiger partial charge < -0.3 is 9.47 Å². The number of amides is 1. The van der Waals surface area contributed by atoms with Gasteiger partial charge in [0.05, 0.1) is 18.1 Å². The van der Waals surface area contributed by atoms with E-state index >= 15 is 0 Å². The first kappa shape index (κ1) is 15.2. The van der Waals surface area contributed by atoms with E-state index in [9.17, 15) is 4.79 Å². The van der Waals surface area contributed by atoms with Crippen LogP contribution in [-0.2, 0) is 7.05 Å². The third-order valence-corrected chi connectivity index (χ3v) is 3.93. The molecule has 23 heavy (non-hydrogen) atoms. The highest BCUT2D eigenvalue weighted by Gasteiger charge is 2.20. The van der Waals surface area contributed by atoms with Crippen molar-refractivity contribution in [2.45, 2.75) is 5.16 Å². The Morgan fingerprint density at radius 1 is 1.30 bits per heavy atom. The molecule has 118 valence electrons. The van der Waals surface area contributed by atoms with Crippen LogP contribution in [0.5, 0.6) is 0 Å². The first-order valence-corrected chi connectivity index (χ1v) is 8.00. The molecule has 0 unspecified atom stereocenters. The van der Waals surface area contributed by atoms with Gasteiger partial charge in [-0.25, -0.2) is 9.97 Å². The van der Waals surface area contributed by atoms with Gasteiger partial charge in [-0.3, -0.25) is 9.78 Å². The van der Waals surface area contributed by atoms with Crippen molar-refractivity contribution in [3.05, 3.63) is 42.7 Å². The maximum absolute atomic E-state index is 12.7. The Balaban J connectivity index is 1.91. The fourth-order valence-corrected chi connectivity index (χ4v) is 2.41. The molecule has 3 aromatic heterocycles. The largest absolute Gasteiger partial charge is 0.309 e. The number of nitrogens with zero attached hydrogens (tertiary/aromatic N) is 7. The molecule has 8 nitrogen and oxygen atoms in total. The van der Waals surface area contributed by atoms with Gasteiger partial charge in [0, 0.05) is 20.3 Å². The minimum atomic E-state index is -0.176. The minimum absolute atomic E-state index is 0.176. The summed E-state index contributed by atoms with van der Waals surface area (Å²) in [5, 5.41) is 4.93. The standard InChI is InChI=1S/C14H15N7OS/c1-19(10-5-4-6-15-7-10)12(22)11-8-16-14(20(11)2)21-9-17-13(18-21)23-3/h4-9H,1-3H3. The number of aromatic nitrogens is 6. The predicted octanol–water partition coefficient (Wildman–Crippen LogP) is 1.39. The molecule has 0 saturated carbocycles. The van der Waals surface area contributed by atoms with Crippen LogP contribution in [0.4, 0.5) is 5.69 Å². The van der Waals surface area contributed by atoms with Crippen LogP contribution in [0.15, 0.2) is 42.2 Å². The van der Waals surface area contributed by atoms with E-state index in [1.54, 1.807) is 48.1 Å². The summed E-state index contributed by atoms with van der Waals surface area (Å²) in [6.45, 7) is 0. The van der Waals surface area contributed by atoms with Crippen LogP contribution in [0.25, 0.3) is 5.95 Å². The van der Waals surface area contributed by atoms with Crippen LogP contribution in [-0.4, -0.2) is 48.5 Å². The molecule has 0 fully saturated rings. The molecular weight excluding hydrogens is 314 g/mol. The van der Waals surface area contributed by atoms with Gasteiger partial charge in [-0.2, -0.15) is 4.68 Å². The van der Waals surface area contributed by atoms with E-state index in [0.717, 1.165) is 0 Å². The molecule has 0 N–H and O–H groups in total. The van der Waals surface area contributed by atoms with Crippen LogP contribution in [0, 0.1) is 0 Å². The van der Waals surface area contributed by atoms with Crippen LogP contribution in [0.1, 0.15) is 10.5 Å². The molecule has 0 bridgehead atoms. The van der Waals surface area contributed by atoms with Gasteiger partial charge in [0.1, 0.15) is 12.0 Å². The summed E-state index contributed by atoms with van der Waals surface area (Å²) in [6, 6.07) is 3.61. The number of carbonyl (C=O) groups excluding carboxylic acids is 1. The summed E-state index contributed by atoms with van der Waals surface area (Å²) >= 11 is 1.44. The average Bonchev–Trinajstić information content (AvgIpc) is 3.20. The highest BCUT2D eigenvalue weighted by atomic mass is 32.2. The Kier molecular flexibility index (Phi) is 4.11. The molecule has 9 heteroatoms. The molecule has 3 rings (SSSR count). The van der Waals surface area contributed by atoms with Gasteiger partial charge in [-0.05, 0) is 18.4 Å². The molecule has 0 aromatic carbocycles. The van der Waals surface area contributed by atoms with E-state index < -0.39 is 0 Å². The van der Waals surface area contributed by atoms with Crippen LogP contribution in [0.2, 0.25) is 0 Å². The fraction of sp³-hybridized carbons (Fsp3) is 0.214. The summed E-state index contributed by atoms with van der Waals surface area (Å²) < 4.78 is 3.24. The number of hydrogen-bond donors (Lipinski definition) is 0. The van der Waals surface area contributed by atoms with Crippen molar-refractivity contribution in [1.82, 2.24) is 29.3 Å². The number of rotatable bonds is 4. The zero-order chi connectivity index (χ0) is 16.4. The van der Waals surface area contributed by atoms with E-state index in [1.165, 1.54) is 22.9 Å². The van der Waals surface area contributed by atoms with Crippen molar-refractivity contribution in [2.75, 3.05) is 18.2 Å². The normalized spacial score (nSPS) is 10.7. The minimum Gasteiger partial charge on any atom is -0.309 e. The van der Waals surface area contributed by atoms with Gasteiger partial charge in [0.2, 0.25) is 11.1 Å². The molecule has 0 aliphatic heterocycles. The Bertz CT molecular complexity index is 827. The summed E-state index contributed by atoms with van der Waals surface area (Å²) in [5.74, 6) is 0.352. The highest BCUT2D eigenvalue weighted by molar-refractivity contribution is 7.98. The summed E-state index contributed by atoms with van der Waals surface area (Å²) in [4.78, 5) is 26.6. The molecule has 0 atom stereocenters. The molecule has 3 heterocycles. The second-order valence-corrected chi connectivity index (χ2v) is 5.53. The quantitative estimate of drug-likeness (QED) is 0.673. The Morgan fingerprint density at radius 3 is 2.78 bits per heavy atom. The Labute approximate surface area is 137 Å². The summed E-state index contributed by atoms with van der Waals surface area (Å²) in [5.41, 5.74) is 1.17. The van der Waals surface area contributed by atoms with E-state index in [4.69, 9.17) is 0 Å². The lowest BCUT2D eigenvalue weighted by atomic mass is 10.3. The lowest BCUT2D eigenvalue weighted by Gasteiger charge is -2.16. The number of pyridine rings is 1. The first-order chi connectivity index (χ1) is 11.1. The Hall–Kier alpha value is -2.68. The number of thioether (sulfide) groups is 1. The second kappa shape index (κ2) is 6.21. The van der Waals surface area contributed by atoms with E-state index in [0.29, 0.717) is 22.5 Å². The van der Waals surface area contributed by atoms with Gasteiger partial charge >= 0.3 is 0 Å². The van der Waals surface area contributed by atoms with Crippen molar-refractivity contribution in [3.63, 3.8) is 0 Å². The van der Waals surface area contributed by atoms with E-state index in [1.807, 2.05) is 12.3 Å². The maximum Gasteiger partial charge on any atom is 0.276 e. The lowest BCUT2D eigenvalue weighted by molar-refractivity contribution is 0.0985. The third kappa shape index (κ3) is 2.82. The van der Waals surface area contributed by atoms with Crippen molar-refractivity contribution in [1.29, 1.82) is 0 Å². The molecule has 0 spiro atoms. The fourth-order valence-electron chi connectivity index (χ4n) is 2.09. The number of anilines is 1. The SMILES string of the molecule is CSc1ncn(-c2ncc(C(=O)N(C)c3cccnc3)n2C)n1. The van der Waals surface area contributed by atoms with Crippen LogP contribution >= 0.6 is 11.8 Å². The number of carbonyl (C=O) groups is 1. The molecule has 0 saturated heterocycles. The van der Waals surface area contributed by atoms with Crippen molar-refractivity contribution in [3.8, 4) is 5.95 Å². The van der Waals surface area contributed by atoms with Gasteiger partial charge in [0.25, 0.3) is 5.91 Å². The smallest absolute Gasteiger partial charge is 0.276 e. The molecule has 0 radical (unpaired) electrons. The summed E-state index contributed by atoms with van der Waals surface area (Å²) in [6.07, 6.45) is 8.31. The van der Waals surface area contributed by atoms with E-state index in [-0.39, 0.29) is 5.91 Å². The predicted molar refractivity (Wildman–Crippen MR) is 86.9 cm³/mol. The zero-order valence-electron chi connectivity index (χ0n) is 12.9. The third-order valence-electron chi connectivity index (χ3n) is 3.38. The van der Waals surface area contributed by atoms with Crippen LogP contribution in [0.3, 0.4) is 0 Å². The average molecular weight is 329 g/mol. The molecular formula is C14H15N7OS. The van der Waals surface area contributed by atoms with Crippen molar-refractivity contribution in [2.24, 2.45) is 7.05 Å².